The van der Waals surface area contributed by atoms with Crippen molar-refractivity contribution in [3.05, 3.63) is 28.2 Å². The van der Waals surface area contributed by atoms with E-state index in [0.29, 0.717) is 11.5 Å². The zero-order valence-corrected chi connectivity index (χ0v) is 11.1. The Bertz CT molecular complexity index is 416. The van der Waals surface area contributed by atoms with Crippen molar-refractivity contribution < 1.29 is 4.79 Å². The first-order chi connectivity index (χ1) is 8.18. The van der Waals surface area contributed by atoms with E-state index >= 15 is 0 Å². The number of carbonyl (C=O) groups is 1. The molecule has 1 fully saturated rings. The number of amides is 1. The fraction of sp³-hybridized carbons (Fsp3) is 0.417. The fourth-order valence-corrected chi connectivity index (χ4v) is 2.63. The van der Waals surface area contributed by atoms with Crippen molar-refractivity contribution in [2.75, 3.05) is 25.0 Å². The Kier molecular flexibility index (Phi) is 4.02. The van der Waals surface area contributed by atoms with Crippen LogP contribution in [0.3, 0.4) is 0 Å². The molecule has 0 spiro atoms. The summed E-state index contributed by atoms with van der Waals surface area (Å²) in [6.07, 6.45) is 1.17. The molecular formula is C12H16BrN3O. The summed E-state index contributed by atoms with van der Waals surface area (Å²) in [5.74, 6) is 0.208. The Labute approximate surface area is 109 Å². The summed E-state index contributed by atoms with van der Waals surface area (Å²) in [6, 6.07) is 5.60. The molecular weight excluding hydrogens is 282 g/mol. The Hall–Kier alpha value is -1.07. The second-order valence-electron chi connectivity index (χ2n) is 4.27. The molecule has 0 radical (unpaired) electrons. The van der Waals surface area contributed by atoms with Crippen LogP contribution >= 0.6 is 15.9 Å². The molecule has 4 nitrogen and oxygen atoms in total. The van der Waals surface area contributed by atoms with Gasteiger partial charge in [0.05, 0.1) is 5.56 Å². The van der Waals surface area contributed by atoms with Crippen molar-refractivity contribution in [2.45, 2.75) is 6.42 Å². The topological polar surface area (TPSA) is 67.2 Å². The second kappa shape index (κ2) is 5.51. The first-order valence-electron chi connectivity index (χ1n) is 5.71. The molecule has 92 valence electrons. The highest BCUT2D eigenvalue weighted by Gasteiger charge is 2.16. The van der Waals surface area contributed by atoms with Gasteiger partial charge >= 0.3 is 0 Å². The zero-order chi connectivity index (χ0) is 12.3. The van der Waals surface area contributed by atoms with E-state index in [1.165, 1.54) is 6.42 Å². The smallest absolute Gasteiger partial charge is 0.251 e. The highest BCUT2D eigenvalue weighted by atomic mass is 79.9. The molecule has 4 N–H and O–H groups in total. The molecule has 1 saturated heterocycles. The quantitative estimate of drug-likeness (QED) is 0.790. The molecule has 1 unspecified atom stereocenters. The van der Waals surface area contributed by atoms with Crippen molar-refractivity contribution >= 4 is 27.5 Å². The van der Waals surface area contributed by atoms with E-state index in [4.69, 9.17) is 5.73 Å². The van der Waals surface area contributed by atoms with Crippen LogP contribution < -0.4 is 16.4 Å². The van der Waals surface area contributed by atoms with E-state index in [0.717, 1.165) is 29.8 Å². The van der Waals surface area contributed by atoms with Crippen molar-refractivity contribution in [3.63, 3.8) is 0 Å². The van der Waals surface area contributed by atoms with Crippen molar-refractivity contribution in [1.82, 2.24) is 5.32 Å². The van der Waals surface area contributed by atoms with Crippen molar-refractivity contribution in [2.24, 2.45) is 11.7 Å². The number of nitrogens with two attached hydrogens (primary N) is 1. The van der Waals surface area contributed by atoms with Crippen LogP contribution in [0.4, 0.5) is 5.69 Å². The highest BCUT2D eigenvalue weighted by molar-refractivity contribution is 9.10. The van der Waals surface area contributed by atoms with Gasteiger partial charge in [-0.2, -0.15) is 0 Å². The predicted molar refractivity (Wildman–Crippen MR) is 72.1 cm³/mol. The maximum absolute atomic E-state index is 11.4. The third-order valence-corrected chi connectivity index (χ3v) is 3.66. The van der Waals surface area contributed by atoms with Gasteiger partial charge < -0.3 is 16.4 Å². The standard InChI is InChI=1S/C12H16BrN3O/c13-9-2-1-3-10(11(9)12(14)17)16-7-8-4-5-15-6-8/h1-3,8,15-16H,4-7H2,(H2,14,17). The summed E-state index contributed by atoms with van der Waals surface area (Å²) < 4.78 is 0.736. The van der Waals surface area contributed by atoms with Crippen LogP contribution in [0, 0.1) is 5.92 Å². The Morgan fingerprint density at radius 1 is 1.59 bits per heavy atom. The number of benzene rings is 1. The number of rotatable bonds is 4. The minimum Gasteiger partial charge on any atom is -0.384 e. The molecule has 0 aromatic heterocycles. The number of nitrogens with one attached hydrogen (secondary N) is 2. The molecule has 1 aromatic rings. The van der Waals surface area contributed by atoms with Crippen LogP contribution in [0.1, 0.15) is 16.8 Å². The summed E-state index contributed by atoms with van der Waals surface area (Å²) in [5.41, 5.74) is 6.71. The highest BCUT2D eigenvalue weighted by Crippen LogP contribution is 2.24. The molecule has 0 bridgehead atoms. The molecule has 0 saturated carbocycles. The Morgan fingerprint density at radius 3 is 3.06 bits per heavy atom. The molecule has 17 heavy (non-hydrogen) atoms. The molecule has 1 heterocycles. The van der Waals surface area contributed by atoms with Gasteiger partial charge in [-0.05, 0) is 53.5 Å². The number of hydrogen-bond donors (Lipinski definition) is 3. The van der Waals surface area contributed by atoms with Gasteiger partial charge in [0.25, 0.3) is 5.91 Å². The van der Waals surface area contributed by atoms with Crippen LogP contribution in [0.25, 0.3) is 0 Å². The molecule has 1 aromatic carbocycles. The maximum Gasteiger partial charge on any atom is 0.251 e. The van der Waals surface area contributed by atoms with Crippen LogP contribution in [-0.2, 0) is 0 Å². The van der Waals surface area contributed by atoms with Gasteiger partial charge in [0.1, 0.15) is 0 Å². The van der Waals surface area contributed by atoms with E-state index in [1.807, 2.05) is 18.2 Å². The molecule has 1 aliphatic heterocycles. The Balaban J connectivity index is 2.09. The normalized spacial score (nSPS) is 19.2. The van der Waals surface area contributed by atoms with E-state index in [2.05, 4.69) is 26.6 Å². The Morgan fingerprint density at radius 2 is 2.41 bits per heavy atom. The lowest BCUT2D eigenvalue weighted by Gasteiger charge is -2.14. The second-order valence-corrected chi connectivity index (χ2v) is 5.12. The van der Waals surface area contributed by atoms with Gasteiger partial charge in [-0.3, -0.25) is 4.79 Å². The van der Waals surface area contributed by atoms with Crippen LogP contribution in [-0.4, -0.2) is 25.5 Å². The van der Waals surface area contributed by atoms with Gasteiger partial charge in [0.2, 0.25) is 0 Å². The van der Waals surface area contributed by atoms with Gasteiger partial charge in [0.15, 0.2) is 0 Å². The lowest BCUT2D eigenvalue weighted by atomic mass is 10.1. The monoisotopic (exact) mass is 297 g/mol. The molecule has 2 rings (SSSR count). The lowest BCUT2D eigenvalue weighted by molar-refractivity contribution is 0.100. The van der Waals surface area contributed by atoms with Gasteiger partial charge in [-0.25, -0.2) is 0 Å². The molecule has 1 amide bonds. The van der Waals surface area contributed by atoms with Crippen molar-refractivity contribution in [3.8, 4) is 0 Å². The van der Waals surface area contributed by atoms with Crippen LogP contribution in [0.2, 0.25) is 0 Å². The summed E-state index contributed by atoms with van der Waals surface area (Å²) in [4.78, 5) is 11.4. The lowest BCUT2D eigenvalue weighted by Crippen LogP contribution is -2.20. The predicted octanol–water partition coefficient (Wildman–Crippen LogP) is 1.57. The average Bonchev–Trinajstić information content (AvgIpc) is 2.78. The van der Waals surface area contributed by atoms with E-state index in [1.54, 1.807) is 0 Å². The summed E-state index contributed by atoms with van der Waals surface area (Å²) in [6.45, 7) is 2.98. The number of anilines is 1. The first-order valence-corrected chi connectivity index (χ1v) is 6.50. The van der Waals surface area contributed by atoms with Gasteiger partial charge in [0, 0.05) is 16.7 Å². The SMILES string of the molecule is NC(=O)c1c(Br)cccc1NCC1CCNC1. The maximum atomic E-state index is 11.4. The molecule has 0 aliphatic carbocycles. The fourth-order valence-electron chi connectivity index (χ4n) is 2.06. The minimum absolute atomic E-state index is 0.412. The van der Waals surface area contributed by atoms with Gasteiger partial charge in [-0.1, -0.05) is 6.07 Å². The molecule has 1 aliphatic rings. The number of primary amides is 1. The van der Waals surface area contributed by atoms with E-state index < -0.39 is 5.91 Å². The molecule has 1 atom stereocenters. The minimum atomic E-state index is -0.412. The van der Waals surface area contributed by atoms with Crippen LogP contribution in [0.15, 0.2) is 22.7 Å². The first kappa shape index (κ1) is 12.4. The zero-order valence-electron chi connectivity index (χ0n) is 9.50. The average molecular weight is 298 g/mol. The van der Waals surface area contributed by atoms with E-state index in [-0.39, 0.29) is 0 Å². The molecule has 5 heteroatoms. The number of carbonyl (C=O) groups excluding carboxylic acids is 1. The number of hydrogen-bond acceptors (Lipinski definition) is 3. The van der Waals surface area contributed by atoms with Crippen LogP contribution in [0.5, 0.6) is 0 Å². The summed E-state index contributed by atoms with van der Waals surface area (Å²) in [5, 5.41) is 6.62. The largest absolute Gasteiger partial charge is 0.384 e. The van der Waals surface area contributed by atoms with E-state index in [9.17, 15) is 4.79 Å². The third kappa shape index (κ3) is 2.98. The third-order valence-electron chi connectivity index (χ3n) is 3.00. The van der Waals surface area contributed by atoms with Gasteiger partial charge in [-0.15, -0.1) is 0 Å². The summed E-state index contributed by atoms with van der Waals surface area (Å²) >= 11 is 3.35. The number of halogens is 1. The van der Waals surface area contributed by atoms with Crippen molar-refractivity contribution in [1.29, 1.82) is 0 Å². The summed E-state index contributed by atoms with van der Waals surface area (Å²) in [7, 11) is 0.